The normalized spacial score (nSPS) is 32.3. The molecule has 3 aliphatic rings. The van der Waals surface area contributed by atoms with Gasteiger partial charge in [0.2, 0.25) is 0 Å². The first-order chi connectivity index (χ1) is 10.2. The summed E-state index contributed by atoms with van der Waals surface area (Å²) in [6, 6.07) is 0. The Labute approximate surface area is 127 Å². The smallest absolute Gasteiger partial charge is 0.0827 e. The highest BCUT2D eigenvalue weighted by Crippen LogP contribution is 2.43. The third-order valence-electron chi connectivity index (χ3n) is 5.69. The van der Waals surface area contributed by atoms with Gasteiger partial charge in [-0.2, -0.15) is 5.10 Å². The molecule has 114 valence electrons. The number of allylic oxidation sites excluding steroid dienone is 2. The van der Waals surface area contributed by atoms with Crippen LogP contribution in [0.1, 0.15) is 24.2 Å². The van der Waals surface area contributed by atoms with Crippen molar-refractivity contribution in [1.29, 1.82) is 0 Å². The van der Waals surface area contributed by atoms with Crippen LogP contribution < -0.4 is 4.90 Å². The van der Waals surface area contributed by atoms with Crippen molar-refractivity contribution in [3.8, 4) is 0 Å². The summed E-state index contributed by atoms with van der Waals surface area (Å²) in [6.45, 7) is 10.2. The van der Waals surface area contributed by atoms with E-state index in [0.29, 0.717) is 0 Å². The largest absolute Gasteiger partial charge is 0.366 e. The van der Waals surface area contributed by atoms with Gasteiger partial charge in [-0.1, -0.05) is 12.2 Å². The summed E-state index contributed by atoms with van der Waals surface area (Å²) in [6.07, 6.45) is 7.79. The van der Waals surface area contributed by atoms with Gasteiger partial charge in [0, 0.05) is 32.7 Å². The van der Waals surface area contributed by atoms with Crippen molar-refractivity contribution in [1.82, 2.24) is 15.1 Å². The van der Waals surface area contributed by atoms with Gasteiger partial charge in [-0.05, 0) is 44.4 Å². The third-order valence-corrected chi connectivity index (χ3v) is 5.69. The molecule has 0 amide bonds. The number of aromatic amines is 1. The molecule has 4 heteroatoms. The molecule has 2 heterocycles. The van der Waals surface area contributed by atoms with Crippen molar-refractivity contribution in [3.63, 3.8) is 0 Å². The Bertz CT molecular complexity index is 519. The molecule has 1 saturated heterocycles. The standard InChI is InChI=1S/C17H26N4/c1-12-17(13(2)19-18-12)21-7-5-20(6-8-21)11-16-10-14-3-4-15(16)9-14/h3-4,14-16H,5-11H2,1-2H3,(H,18,19). The minimum Gasteiger partial charge on any atom is -0.366 e. The number of H-pyrrole nitrogens is 1. The van der Waals surface area contributed by atoms with Gasteiger partial charge < -0.3 is 4.90 Å². The number of hydrogen-bond acceptors (Lipinski definition) is 3. The average molecular weight is 286 g/mol. The molecule has 4 nitrogen and oxygen atoms in total. The van der Waals surface area contributed by atoms with Crippen LogP contribution in [0.15, 0.2) is 12.2 Å². The second kappa shape index (κ2) is 5.16. The van der Waals surface area contributed by atoms with Crippen molar-refractivity contribution >= 4 is 5.69 Å². The van der Waals surface area contributed by atoms with E-state index in [9.17, 15) is 0 Å². The molecular formula is C17H26N4. The van der Waals surface area contributed by atoms with Crippen LogP contribution in [0.2, 0.25) is 0 Å². The molecule has 2 fully saturated rings. The van der Waals surface area contributed by atoms with Crippen molar-refractivity contribution in [2.45, 2.75) is 26.7 Å². The summed E-state index contributed by atoms with van der Waals surface area (Å²) in [7, 11) is 0. The van der Waals surface area contributed by atoms with Crippen molar-refractivity contribution in [2.75, 3.05) is 37.6 Å². The van der Waals surface area contributed by atoms with E-state index in [1.54, 1.807) is 0 Å². The molecule has 4 rings (SSSR count). The highest BCUT2D eigenvalue weighted by atomic mass is 15.3. The first-order valence-corrected chi connectivity index (χ1v) is 8.38. The summed E-state index contributed by atoms with van der Waals surface area (Å²) >= 11 is 0. The summed E-state index contributed by atoms with van der Waals surface area (Å²) in [5, 5.41) is 7.44. The van der Waals surface area contributed by atoms with E-state index in [1.807, 2.05) is 0 Å². The number of aromatic nitrogens is 2. The van der Waals surface area contributed by atoms with Gasteiger partial charge in [0.15, 0.2) is 0 Å². The van der Waals surface area contributed by atoms with Crippen molar-refractivity contribution in [2.24, 2.45) is 17.8 Å². The topological polar surface area (TPSA) is 35.2 Å². The second-order valence-electron chi connectivity index (χ2n) is 7.11. The Hall–Kier alpha value is -1.29. The first kappa shape index (κ1) is 13.4. The molecular weight excluding hydrogens is 260 g/mol. The number of fused-ring (bicyclic) bond motifs is 2. The minimum absolute atomic E-state index is 0.881. The van der Waals surface area contributed by atoms with Gasteiger partial charge >= 0.3 is 0 Å². The zero-order chi connectivity index (χ0) is 14.4. The van der Waals surface area contributed by atoms with Crippen LogP contribution in [0, 0.1) is 31.6 Å². The molecule has 1 aromatic heterocycles. The van der Waals surface area contributed by atoms with E-state index in [0.717, 1.165) is 36.5 Å². The van der Waals surface area contributed by atoms with Crippen LogP contribution >= 0.6 is 0 Å². The van der Waals surface area contributed by atoms with Gasteiger partial charge in [-0.3, -0.25) is 10.00 Å². The molecule has 1 aliphatic heterocycles. The first-order valence-electron chi connectivity index (χ1n) is 8.38. The number of nitrogens with zero attached hydrogens (tertiary/aromatic N) is 3. The van der Waals surface area contributed by atoms with Crippen LogP contribution in [-0.2, 0) is 0 Å². The molecule has 2 bridgehead atoms. The zero-order valence-electron chi connectivity index (χ0n) is 13.2. The maximum Gasteiger partial charge on any atom is 0.0827 e. The number of hydrogen-bond donors (Lipinski definition) is 1. The van der Waals surface area contributed by atoms with E-state index in [2.05, 4.69) is 46.0 Å². The molecule has 21 heavy (non-hydrogen) atoms. The summed E-state index contributed by atoms with van der Waals surface area (Å²) in [4.78, 5) is 5.19. The number of rotatable bonds is 3. The third kappa shape index (κ3) is 2.39. The monoisotopic (exact) mass is 286 g/mol. The molecule has 1 saturated carbocycles. The Morgan fingerprint density at radius 3 is 2.52 bits per heavy atom. The summed E-state index contributed by atoms with van der Waals surface area (Å²) in [5.41, 5.74) is 3.68. The quantitative estimate of drug-likeness (QED) is 0.866. The molecule has 2 aliphatic carbocycles. The summed E-state index contributed by atoms with van der Waals surface area (Å²) in [5.74, 6) is 2.70. The fraction of sp³-hybridized carbons (Fsp3) is 0.706. The SMILES string of the molecule is Cc1n[nH]c(C)c1N1CCN(CC2CC3C=CC2C3)CC1. The Kier molecular flexibility index (Phi) is 3.29. The van der Waals surface area contributed by atoms with Crippen LogP contribution in [0.25, 0.3) is 0 Å². The van der Waals surface area contributed by atoms with Crippen LogP contribution in [0.5, 0.6) is 0 Å². The Morgan fingerprint density at radius 2 is 1.95 bits per heavy atom. The van der Waals surface area contributed by atoms with Gasteiger partial charge in [-0.25, -0.2) is 0 Å². The van der Waals surface area contributed by atoms with Gasteiger partial charge in [0.1, 0.15) is 0 Å². The molecule has 1 aromatic rings. The van der Waals surface area contributed by atoms with Crippen molar-refractivity contribution < 1.29 is 0 Å². The number of piperazine rings is 1. The molecule has 3 atom stereocenters. The maximum absolute atomic E-state index is 4.33. The number of nitrogens with one attached hydrogen (secondary N) is 1. The lowest BCUT2D eigenvalue weighted by Crippen LogP contribution is -2.48. The van der Waals surface area contributed by atoms with Gasteiger partial charge in [-0.15, -0.1) is 0 Å². The average Bonchev–Trinajstić information content (AvgIpc) is 3.17. The van der Waals surface area contributed by atoms with E-state index in [1.165, 1.54) is 43.9 Å². The highest BCUT2D eigenvalue weighted by Gasteiger charge is 2.36. The Morgan fingerprint density at radius 1 is 1.14 bits per heavy atom. The van der Waals surface area contributed by atoms with Crippen molar-refractivity contribution in [3.05, 3.63) is 23.5 Å². The van der Waals surface area contributed by atoms with E-state index >= 15 is 0 Å². The van der Waals surface area contributed by atoms with E-state index < -0.39 is 0 Å². The predicted octanol–water partition coefficient (Wildman–Crippen LogP) is 2.36. The lowest BCUT2D eigenvalue weighted by molar-refractivity contribution is 0.204. The van der Waals surface area contributed by atoms with E-state index in [4.69, 9.17) is 0 Å². The zero-order valence-corrected chi connectivity index (χ0v) is 13.2. The second-order valence-corrected chi connectivity index (χ2v) is 7.11. The Balaban J connectivity index is 1.34. The molecule has 1 N–H and O–H groups in total. The van der Waals surface area contributed by atoms with Crippen LogP contribution in [0.4, 0.5) is 5.69 Å². The molecule has 3 unspecified atom stereocenters. The summed E-state index contributed by atoms with van der Waals surface area (Å²) < 4.78 is 0. The minimum atomic E-state index is 0.881. The fourth-order valence-electron chi connectivity index (χ4n) is 4.60. The predicted molar refractivity (Wildman–Crippen MR) is 85.6 cm³/mol. The van der Waals surface area contributed by atoms with Gasteiger partial charge in [0.05, 0.1) is 17.1 Å². The molecule has 0 aromatic carbocycles. The number of anilines is 1. The van der Waals surface area contributed by atoms with Gasteiger partial charge in [0.25, 0.3) is 0 Å². The lowest BCUT2D eigenvalue weighted by Gasteiger charge is -2.38. The molecule has 0 radical (unpaired) electrons. The highest BCUT2D eigenvalue weighted by molar-refractivity contribution is 5.54. The van der Waals surface area contributed by atoms with E-state index in [-0.39, 0.29) is 0 Å². The lowest BCUT2D eigenvalue weighted by atomic mass is 9.93. The van der Waals surface area contributed by atoms with Crippen LogP contribution in [-0.4, -0.2) is 47.8 Å². The molecule has 0 spiro atoms. The fourth-order valence-corrected chi connectivity index (χ4v) is 4.60. The van der Waals surface area contributed by atoms with Crippen LogP contribution in [0.3, 0.4) is 0 Å². The maximum atomic E-state index is 4.33. The number of aryl methyl sites for hydroxylation is 2.